The molecule has 25 heavy (non-hydrogen) atoms. The largest absolute Gasteiger partial charge is 0.489 e. The first-order valence-electron chi connectivity index (χ1n) is 8.83. The Balaban J connectivity index is 1.85. The Labute approximate surface area is 156 Å². The Morgan fingerprint density at radius 2 is 1.84 bits per heavy atom. The van der Waals surface area contributed by atoms with Crippen LogP contribution in [0.25, 0.3) is 0 Å². The fourth-order valence-corrected chi connectivity index (χ4v) is 2.61. The lowest BCUT2D eigenvalue weighted by atomic mass is 10.1. The molecule has 0 aliphatic carbocycles. The van der Waals surface area contributed by atoms with Crippen molar-refractivity contribution in [1.29, 1.82) is 0 Å². The zero-order chi connectivity index (χ0) is 18.1. The minimum Gasteiger partial charge on any atom is -0.489 e. The number of nitrogens with one attached hydrogen (secondary N) is 1. The predicted octanol–water partition coefficient (Wildman–Crippen LogP) is 5.13. The summed E-state index contributed by atoms with van der Waals surface area (Å²) in [5, 5.41) is 4.15. The minimum atomic E-state index is 0.287. The molecule has 0 unspecified atom stereocenters. The van der Waals surface area contributed by atoms with Gasteiger partial charge in [0.1, 0.15) is 12.4 Å². The van der Waals surface area contributed by atoms with Gasteiger partial charge in [-0.15, -0.1) is 0 Å². The van der Waals surface area contributed by atoms with Crippen LogP contribution in [0, 0.1) is 6.92 Å². The summed E-state index contributed by atoms with van der Waals surface area (Å²) in [6.07, 6.45) is 1.27. The Kier molecular flexibility index (Phi) is 8.26. The maximum Gasteiger partial charge on any atom is 0.124 e. The summed E-state index contributed by atoms with van der Waals surface area (Å²) in [7, 11) is 0. The molecule has 0 aliphatic heterocycles. The van der Waals surface area contributed by atoms with Crippen molar-refractivity contribution < 1.29 is 9.47 Å². The second-order valence-electron chi connectivity index (χ2n) is 6.48. The van der Waals surface area contributed by atoms with E-state index < -0.39 is 0 Å². The van der Waals surface area contributed by atoms with E-state index in [1.807, 2.05) is 18.2 Å². The van der Waals surface area contributed by atoms with E-state index in [1.165, 1.54) is 5.56 Å². The van der Waals surface area contributed by atoms with Crippen molar-refractivity contribution in [2.45, 2.75) is 46.4 Å². The third-order valence-corrected chi connectivity index (χ3v) is 4.04. The number of halogens is 1. The van der Waals surface area contributed by atoms with Crippen LogP contribution < -0.4 is 10.1 Å². The molecule has 0 saturated heterocycles. The maximum atomic E-state index is 6.15. The van der Waals surface area contributed by atoms with Crippen LogP contribution in [0.1, 0.15) is 37.0 Å². The summed E-state index contributed by atoms with van der Waals surface area (Å²) in [5.41, 5.74) is 3.48. The fourth-order valence-electron chi connectivity index (χ4n) is 2.41. The molecule has 1 N–H and O–H groups in total. The highest BCUT2D eigenvalue weighted by Crippen LogP contribution is 2.24. The Morgan fingerprint density at radius 1 is 1.08 bits per heavy atom. The number of rotatable bonds is 10. The number of benzene rings is 2. The van der Waals surface area contributed by atoms with Crippen molar-refractivity contribution in [3.63, 3.8) is 0 Å². The van der Waals surface area contributed by atoms with Crippen molar-refractivity contribution in [3.05, 3.63) is 64.2 Å². The quantitative estimate of drug-likeness (QED) is 0.595. The molecule has 2 rings (SSSR count). The molecule has 0 amide bonds. The molecule has 0 aliphatic rings. The van der Waals surface area contributed by atoms with E-state index in [-0.39, 0.29) is 6.10 Å². The molecular weight excluding hydrogens is 334 g/mol. The van der Waals surface area contributed by atoms with Crippen molar-refractivity contribution in [1.82, 2.24) is 5.32 Å². The van der Waals surface area contributed by atoms with Gasteiger partial charge in [0.15, 0.2) is 0 Å². The van der Waals surface area contributed by atoms with Gasteiger partial charge < -0.3 is 14.8 Å². The summed E-state index contributed by atoms with van der Waals surface area (Å²) >= 11 is 6.15. The van der Waals surface area contributed by atoms with Gasteiger partial charge in [0.2, 0.25) is 0 Å². The zero-order valence-electron chi connectivity index (χ0n) is 15.3. The number of hydrogen-bond acceptors (Lipinski definition) is 3. The number of aryl methyl sites for hydroxylation is 1. The molecule has 136 valence electrons. The lowest BCUT2D eigenvalue weighted by Gasteiger charge is -2.13. The van der Waals surface area contributed by atoms with E-state index in [4.69, 9.17) is 21.1 Å². The van der Waals surface area contributed by atoms with E-state index >= 15 is 0 Å². The van der Waals surface area contributed by atoms with Crippen molar-refractivity contribution in [2.75, 3.05) is 13.2 Å². The second-order valence-corrected chi connectivity index (χ2v) is 6.91. The van der Waals surface area contributed by atoms with E-state index in [1.54, 1.807) is 0 Å². The van der Waals surface area contributed by atoms with Crippen LogP contribution >= 0.6 is 11.6 Å². The first-order valence-corrected chi connectivity index (χ1v) is 9.21. The topological polar surface area (TPSA) is 30.5 Å². The highest BCUT2D eigenvalue weighted by Gasteiger charge is 2.06. The van der Waals surface area contributed by atoms with Crippen LogP contribution in [0.2, 0.25) is 5.02 Å². The summed E-state index contributed by atoms with van der Waals surface area (Å²) in [6, 6.07) is 14.2. The smallest absolute Gasteiger partial charge is 0.124 e. The van der Waals surface area contributed by atoms with Crippen molar-refractivity contribution in [2.24, 2.45) is 0 Å². The monoisotopic (exact) mass is 361 g/mol. The molecule has 0 radical (unpaired) electrons. The molecular formula is C21H28ClNO2. The SMILES string of the molecule is Cc1ccc(COc2ccc(Cl)cc2CNCCCOC(C)C)cc1. The second kappa shape index (κ2) is 10.4. The summed E-state index contributed by atoms with van der Waals surface area (Å²) in [4.78, 5) is 0. The summed E-state index contributed by atoms with van der Waals surface area (Å²) in [5.74, 6) is 0.871. The van der Waals surface area contributed by atoms with E-state index in [2.05, 4.69) is 50.4 Å². The van der Waals surface area contributed by atoms with Gasteiger partial charge >= 0.3 is 0 Å². The Hall–Kier alpha value is -1.55. The molecule has 3 nitrogen and oxygen atoms in total. The van der Waals surface area contributed by atoms with Gasteiger partial charge in [-0.1, -0.05) is 41.4 Å². The first kappa shape index (κ1) is 19.8. The Bertz CT molecular complexity index is 641. The van der Waals surface area contributed by atoms with Gasteiger partial charge in [0, 0.05) is 23.7 Å². The van der Waals surface area contributed by atoms with Gasteiger partial charge in [-0.25, -0.2) is 0 Å². The fraction of sp³-hybridized carbons (Fsp3) is 0.429. The molecule has 0 saturated carbocycles. The van der Waals surface area contributed by atoms with E-state index in [0.29, 0.717) is 6.61 Å². The van der Waals surface area contributed by atoms with Crippen molar-refractivity contribution in [3.8, 4) is 5.75 Å². The normalized spacial score (nSPS) is 11.1. The predicted molar refractivity (Wildman–Crippen MR) is 104 cm³/mol. The van der Waals surface area contributed by atoms with Gasteiger partial charge in [0.05, 0.1) is 6.10 Å². The minimum absolute atomic E-state index is 0.287. The van der Waals surface area contributed by atoms with Crippen LogP contribution in [0.4, 0.5) is 0 Å². The standard InChI is InChI=1S/C21H28ClNO2/c1-16(2)24-12-4-11-23-14-19-13-20(22)9-10-21(19)25-15-18-7-5-17(3)6-8-18/h5-10,13,16,23H,4,11-12,14-15H2,1-3H3. The molecule has 0 fully saturated rings. The lowest BCUT2D eigenvalue weighted by molar-refractivity contribution is 0.0770. The molecule has 0 bridgehead atoms. The van der Waals surface area contributed by atoms with E-state index in [0.717, 1.165) is 48.0 Å². The van der Waals surface area contributed by atoms with Gasteiger partial charge in [-0.05, 0) is 57.5 Å². The van der Waals surface area contributed by atoms with Crippen LogP contribution in [0.15, 0.2) is 42.5 Å². The molecule has 0 atom stereocenters. The highest BCUT2D eigenvalue weighted by molar-refractivity contribution is 6.30. The number of hydrogen-bond donors (Lipinski definition) is 1. The molecule has 2 aromatic carbocycles. The van der Waals surface area contributed by atoms with Crippen LogP contribution in [-0.2, 0) is 17.9 Å². The zero-order valence-corrected chi connectivity index (χ0v) is 16.1. The number of ether oxygens (including phenoxy) is 2. The maximum absolute atomic E-state index is 6.15. The molecule has 0 aromatic heterocycles. The van der Waals surface area contributed by atoms with Crippen LogP contribution in [0.5, 0.6) is 5.75 Å². The van der Waals surface area contributed by atoms with Gasteiger partial charge in [0.25, 0.3) is 0 Å². The summed E-state index contributed by atoms with van der Waals surface area (Å²) < 4.78 is 11.6. The third-order valence-electron chi connectivity index (χ3n) is 3.80. The average Bonchev–Trinajstić information content (AvgIpc) is 2.58. The first-order chi connectivity index (χ1) is 12.0. The van der Waals surface area contributed by atoms with Gasteiger partial charge in [-0.3, -0.25) is 0 Å². The summed E-state index contributed by atoms with van der Waals surface area (Å²) in [6.45, 7) is 9.14. The molecule has 0 heterocycles. The van der Waals surface area contributed by atoms with Crippen LogP contribution in [-0.4, -0.2) is 19.3 Å². The average molecular weight is 362 g/mol. The van der Waals surface area contributed by atoms with E-state index in [9.17, 15) is 0 Å². The molecule has 2 aromatic rings. The van der Waals surface area contributed by atoms with Crippen molar-refractivity contribution >= 4 is 11.6 Å². The molecule has 4 heteroatoms. The third kappa shape index (κ3) is 7.47. The van der Waals surface area contributed by atoms with Gasteiger partial charge in [-0.2, -0.15) is 0 Å². The lowest BCUT2D eigenvalue weighted by Crippen LogP contribution is -2.18. The highest BCUT2D eigenvalue weighted by atomic mass is 35.5. The van der Waals surface area contributed by atoms with Crippen LogP contribution in [0.3, 0.4) is 0 Å². The molecule has 0 spiro atoms. The Morgan fingerprint density at radius 3 is 2.56 bits per heavy atom.